The molecule has 0 atom stereocenters. The van der Waals surface area contributed by atoms with Crippen LogP contribution in [-0.2, 0) is 14.3 Å². The lowest BCUT2D eigenvalue weighted by Gasteiger charge is -2.11. The fourth-order valence-corrected chi connectivity index (χ4v) is 2.80. The summed E-state index contributed by atoms with van der Waals surface area (Å²) in [5.41, 5.74) is 3.07. The van der Waals surface area contributed by atoms with Gasteiger partial charge in [-0.05, 0) is 43.7 Å². The second-order valence-corrected chi connectivity index (χ2v) is 6.63. The zero-order valence-corrected chi connectivity index (χ0v) is 16.9. The van der Waals surface area contributed by atoms with E-state index in [4.69, 9.17) is 9.47 Å². The first-order valence-corrected chi connectivity index (χ1v) is 9.20. The van der Waals surface area contributed by atoms with E-state index in [9.17, 15) is 14.4 Å². The number of rotatable bonds is 7. The lowest BCUT2D eigenvalue weighted by molar-refractivity contribution is -0.126. The van der Waals surface area contributed by atoms with Crippen molar-refractivity contribution in [3.63, 3.8) is 0 Å². The Morgan fingerprint density at radius 1 is 1.10 bits per heavy atom. The minimum atomic E-state index is -0.720. The van der Waals surface area contributed by atoms with Gasteiger partial charge in [-0.2, -0.15) is 0 Å². The third-order valence-electron chi connectivity index (χ3n) is 4.31. The van der Waals surface area contributed by atoms with Gasteiger partial charge in [0.2, 0.25) is 5.91 Å². The Hall–Kier alpha value is -3.88. The maximum atomic E-state index is 12.1. The van der Waals surface area contributed by atoms with E-state index in [1.165, 1.54) is 7.11 Å². The Balaban J connectivity index is 1.48. The van der Waals surface area contributed by atoms with Crippen molar-refractivity contribution in [3.05, 3.63) is 59.5 Å². The van der Waals surface area contributed by atoms with Gasteiger partial charge in [-0.25, -0.2) is 9.78 Å². The van der Waals surface area contributed by atoms with Crippen LogP contribution in [0, 0.1) is 13.8 Å². The number of esters is 1. The molecular formula is C21H22N4O5. The predicted octanol–water partition coefficient (Wildman–Crippen LogP) is 1.87. The van der Waals surface area contributed by atoms with Crippen LogP contribution in [0.4, 0.5) is 5.69 Å². The molecule has 0 radical (unpaired) electrons. The van der Waals surface area contributed by atoms with Crippen LogP contribution in [-0.4, -0.2) is 47.4 Å². The Morgan fingerprint density at radius 3 is 2.63 bits per heavy atom. The van der Waals surface area contributed by atoms with Crippen molar-refractivity contribution in [2.24, 2.45) is 0 Å². The van der Waals surface area contributed by atoms with Gasteiger partial charge in [0.1, 0.15) is 11.4 Å². The number of fused-ring (bicyclic) bond motifs is 1. The first-order chi connectivity index (χ1) is 14.4. The molecule has 9 heteroatoms. The molecule has 2 amide bonds. The maximum absolute atomic E-state index is 12.1. The standard InChI is InChI=1S/C21H22N4O5/c1-13-7-8-17(29-3)15(9-13)24-19(26)10-22-20(27)12-30-21(28)16-11-25-14(2)5-4-6-18(25)23-16/h4-9,11H,10,12H2,1-3H3,(H,22,27)(H,24,26). The Morgan fingerprint density at radius 2 is 1.90 bits per heavy atom. The van der Waals surface area contributed by atoms with Crippen LogP contribution in [0.2, 0.25) is 0 Å². The maximum Gasteiger partial charge on any atom is 0.359 e. The highest BCUT2D eigenvalue weighted by molar-refractivity contribution is 5.96. The third-order valence-corrected chi connectivity index (χ3v) is 4.31. The molecule has 0 saturated carbocycles. The predicted molar refractivity (Wildman–Crippen MR) is 110 cm³/mol. The van der Waals surface area contributed by atoms with Gasteiger partial charge in [0.15, 0.2) is 12.3 Å². The number of carbonyl (C=O) groups excluding carboxylic acids is 3. The SMILES string of the molecule is COc1ccc(C)cc1NC(=O)CNC(=O)COC(=O)c1cn2c(C)cccc2n1. The van der Waals surface area contributed by atoms with Crippen molar-refractivity contribution >= 4 is 29.1 Å². The summed E-state index contributed by atoms with van der Waals surface area (Å²) in [6, 6.07) is 10.8. The molecule has 0 spiro atoms. The number of nitrogens with zero attached hydrogens (tertiary/aromatic N) is 2. The Labute approximate surface area is 173 Å². The zero-order chi connectivity index (χ0) is 21.7. The number of aromatic nitrogens is 2. The van der Waals surface area contributed by atoms with Crippen LogP contribution in [0.15, 0.2) is 42.6 Å². The molecule has 0 bridgehead atoms. The van der Waals surface area contributed by atoms with E-state index in [2.05, 4.69) is 15.6 Å². The van der Waals surface area contributed by atoms with E-state index >= 15 is 0 Å². The normalized spacial score (nSPS) is 10.5. The molecule has 2 N–H and O–H groups in total. The minimum absolute atomic E-state index is 0.0985. The monoisotopic (exact) mass is 410 g/mol. The second kappa shape index (κ2) is 9.08. The summed E-state index contributed by atoms with van der Waals surface area (Å²) in [6.45, 7) is 2.97. The van der Waals surface area contributed by atoms with E-state index in [-0.39, 0.29) is 12.2 Å². The van der Waals surface area contributed by atoms with Crippen molar-refractivity contribution in [2.75, 3.05) is 25.6 Å². The van der Waals surface area contributed by atoms with Gasteiger partial charge in [0.25, 0.3) is 5.91 Å². The summed E-state index contributed by atoms with van der Waals surface area (Å²) in [5.74, 6) is -1.25. The summed E-state index contributed by atoms with van der Waals surface area (Å²) in [5, 5.41) is 5.07. The lowest BCUT2D eigenvalue weighted by Crippen LogP contribution is -2.35. The number of ether oxygens (including phenoxy) is 2. The van der Waals surface area contributed by atoms with Gasteiger partial charge < -0.3 is 24.5 Å². The van der Waals surface area contributed by atoms with E-state index in [0.29, 0.717) is 17.1 Å². The van der Waals surface area contributed by atoms with Crippen molar-refractivity contribution in [1.29, 1.82) is 0 Å². The second-order valence-electron chi connectivity index (χ2n) is 6.63. The Bertz CT molecular complexity index is 1110. The lowest BCUT2D eigenvalue weighted by atomic mass is 10.2. The average Bonchev–Trinajstić information content (AvgIpc) is 3.16. The van der Waals surface area contributed by atoms with Gasteiger partial charge in [0, 0.05) is 11.9 Å². The van der Waals surface area contributed by atoms with Crippen molar-refractivity contribution in [2.45, 2.75) is 13.8 Å². The number of nitrogens with one attached hydrogen (secondary N) is 2. The Kier molecular flexibility index (Phi) is 6.31. The largest absolute Gasteiger partial charge is 0.495 e. The van der Waals surface area contributed by atoms with Gasteiger partial charge in [-0.3, -0.25) is 9.59 Å². The molecule has 30 heavy (non-hydrogen) atoms. The fourth-order valence-electron chi connectivity index (χ4n) is 2.80. The average molecular weight is 410 g/mol. The highest BCUT2D eigenvalue weighted by Gasteiger charge is 2.15. The van der Waals surface area contributed by atoms with Crippen molar-refractivity contribution in [1.82, 2.24) is 14.7 Å². The first-order valence-electron chi connectivity index (χ1n) is 9.20. The van der Waals surface area contributed by atoms with Crippen molar-refractivity contribution < 1.29 is 23.9 Å². The molecule has 0 fully saturated rings. The highest BCUT2D eigenvalue weighted by atomic mass is 16.5. The molecule has 3 aromatic rings. The van der Waals surface area contributed by atoms with Crippen LogP contribution >= 0.6 is 0 Å². The van der Waals surface area contributed by atoms with Crippen LogP contribution in [0.3, 0.4) is 0 Å². The molecule has 2 heterocycles. The van der Waals surface area contributed by atoms with E-state index in [0.717, 1.165) is 11.3 Å². The number of amides is 2. The minimum Gasteiger partial charge on any atom is -0.495 e. The number of anilines is 1. The highest BCUT2D eigenvalue weighted by Crippen LogP contribution is 2.24. The topological polar surface area (TPSA) is 111 Å². The molecule has 0 saturated heterocycles. The number of hydrogen-bond donors (Lipinski definition) is 2. The van der Waals surface area contributed by atoms with Crippen LogP contribution in [0.25, 0.3) is 5.65 Å². The number of carbonyl (C=O) groups is 3. The molecule has 0 unspecified atom stereocenters. The third kappa shape index (κ3) is 4.93. The van der Waals surface area contributed by atoms with E-state index in [1.807, 2.05) is 32.0 Å². The summed E-state index contributed by atoms with van der Waals surface area (Å²) < 4.78 is 11.9. The van der Waals surface area contributed by atoms with Gasteiger partial charge in [-0.1, -0.05) is 12.1 Å². The number of hydrogen-bond acceptors (Lipinski definition) is 6. The van der Waals surface area contributed by atoms with Crippen LogP contribution < -0.4 is 15.4 Å². The molecule has 156 valence electrons. The number of benzene rings is 1. The summed E-state index contributed by atoms with van der Waals surface area (Å²) in [4.78, 5) is 40.3. The van der Waals surface area contributed by atoms with E-state index in [1.54, 1.807) is 28.8 Å². The zero-order valence-electron chi connectivity index (χ0n) is 16.9. The molecule has 1 aromatic carbocycles. The molecule has 3 rings (SSSR count). The number of methoxy groups -OCH3 is 1. The molecule has 9 nitrogen and oxygen atoms in total. The first kappa shape index (κ1) is 20.8. The molecule has 0 aliphatic rings. The molecule has 2 aromatic heterocycles. The fraction of sp³-hybridized carbons (Fsp3) is 0.238. The summed E-state index contributed by atoms with van der Waals surface area (Å²) >= 11 is 0. The summed E-state index contributed by atoms with van der Waals surface area (Å²) in [7, 11) is 1.50. The number of aryl methyl sites for hydroxylation is 2. The quantitative estimate of drug-likeness (QED) is 0.576. The summed E-state index contributed by atoms with van der Waals surface area (Å²) in [6.07, 6.45) is 1.55. The van der Waals surface area contributed by atoms with E-state index < -0.39 is 24.4 Å². The number of pyridine rings is 1. The smallest absolute Gasteiger partial charge is 0.359 e. The van der Waals surface area contributed by atoms with Crippen LogP contribution in [0.1, 0.15) is 21.7 Å². The van der Waals surface area contributed by atoms with Crippen LogP contribution in [0.5, 0.6) is 5.75 Å². The number of imidazole rings is 1. The van der Waals surface area contributed by atoms with Crippen molar-refractivity contribution in [3.8, 4) is 5.75 Å². The van der Waals surface area contributed by atoms with Gasteiger partial charge in [0.05, 0.1) is 19.3 Å². The molecule has 0 aliphatic heterocycles. The van der Waals surface area contributed by atoms with Gasteiger partial charge in [-0.15, -0.1) is 0 Å². The molecule has 0 aliphatic carbocycles. The molecular weight excluding hydrogens is 388 g/mol. The van der Waals surface area contributed by atoms with Gasteiger partial charge >= 0.3 is 5.97 Å².